The summed E-state index contributed by atoms with van der Waals surface area (Å²) < 4.78 is 4.39. The molecule has 1 heterocycles. The number of benzene rings is 2. The second-order valence-electron chi connectivity index (χ2n) is 7.55. The first-order valence-corrected chi connectivity index (χ1v) is 11.0. The van der Waals surface area contributed by atoms with Crippen LogP contribution in [0, 0.1) is 0 Å². The Hall–Kier alpha value is -1.90. The smallest absolute Gasteiger partial charge is 0.300 e. The van der Waals surface area contributed by atoms with Crippen LogP contribution in [0.3, 0.4) is 0 Å². The van der Waals surface area contributed by atoms with Crippen molar-refractivity contribution in [2.45, 2.75) is 37.8 Å². The van der Waals surface area contributed by atoms with Gasteiger partial charge in [-0.15, -0.1) is 0 Å². The molecule has 0 aromatic heterocycles. The highest BCUT2D eigenvalue weighted by atomic mass is 31.2. The number of hydrogen-bond donors (Lipinski definition) is 1. The Kier molecular flexibility index (Phi) is 4.50. The molecule has 0 bridgehead atoms. The van der Waals surface area contributed by atoms with Gasteiger partial charge >= 0.3 is 7.79 Å². The van der Waals surface area contributed by atoms with Gasteiger partial charge in [0.05, 0.1) is 30.9 Å². The van der Waals surface area contributed by atoms with E-state index in [9.17, 15) is 9.69 Å². The van der Waals surface area contributed by atoms with Crippen LogP contribution in [0.1, 0.15) is 32.6 Å². The minimum absolute atomic E-state index is 0.278. The first kappa shape index (κ1) is 17.5. The highest BCUT2D eigenvalue weighted by molar-refractivity contribution is 7.75. The average molecular weight is 369 g/mol. The fourth-order valence-electron chi connectivity index (χ4n) is 4.49. The fourth-order valence-corrected chi connectivity index (χ4v) is 8.41. The van der Waals surface area contributed by atoms with Crippen LogP contribution in [0.25, 0.3) is 0 Å². The standard InChI is InChI=1S/C21H26N2O2P/c1-21(14-8-13-20(24)17-21)26(25)22(18-9-4-2-5-10-18)15-16-23(26)19-11-6-3-7-12-19/h2-7,9-12,25H,8,13-17H2,1H3/q+1. The third-order valence-electron chi connectivity index (χ3n) is 5.78. The SMILES string of the molecule is CC1([P+]2(O)N(c3ccccc3)CCN2c2ccccc2)CCCC(=O)C1. The van der Waals surface area contributed by atoms with Crippen LogP contribution in [0.15, 0.2) is 60.7 Å². The minimum Gasteiger partial charge on any atom is -0.300 e. The van der Waals surface area contributed by atoms with Crippen LogP contribution in [0.2, 0.25) is 0 Å². The maximum atomic E-state index is 12.3. The lowest BCUT2D eigenvalue weighted by atomic mass is 9.89. The fraction of sp³-hybridized carbons (Fsp3) is 0.381. The van der Waals surface area contributed by atoms with Crippen LogP contribution in [0.4, 0.5) is 11.4 Å². The highest BCUT2D eigenvalue weighted by Gasteiger charge is 2.68. The van der Waals surface area contributed by atoms with E-state index in [-0.39, 0.29) is 5.78 Å². The molecule has 4 nitrogen and oxygen atoms in total. The number of para-hydroxylation sites is 2. The number of rotatable bonds is 3. The summed E-state index contributed by atoms with van der Waals surface area (Å²) in [5, 5.41) is -0.412. The lowest BCUT2D eigenvalue weighted by Crippen LogP contribution is -2.44. The molecule has 2 aromatic carbocycles. The summed E-state index contributed by atoms with van der Waals surface area (Å²) in [5.74, 6) is 0.278. The molecule has 1 unspecified atom stereocenters. The second-order valence-corrected chi connectivity index (χ2v) is 10.7. The molecule has 0 radical (unpaired) electrons. The van der Waals surface area contributed by atoms with Gasteiger partial charge in [-0.3, -0.25) is 4.79 Å². The van der Waals surface area contributed by atoms with Crippen molar-refractivity contribution in [1.82, 2.24) is 0 Å². The number of nitrogens with zero attached hydrogens (tertiary/aromatic N) is 2. The molecule has 0 amide bonds. The van der Waals surface area contributed by atoms with Crippen molar-refractivity contribution in [2.24, 2.45) is 0 Å². The molecule has 1 saturated heterocycles. The van der Waals surface area contributed by atoms with E-state index in [1.165, 1.54) is 0 Å². The Morgan fingerprint density at radius 3 is 1.88 bits per heavy atom. The molecule has 2 aliphatic rings. The molecule has 0 spiro atoms. The molecule has 1 aliphatic heterocycles. The maximum absolute atomic E-state index is 12.3. The Morgan fingerprint density at radius 2 is 1.42 bits per heavy atom. The molecule has 1 saturated carbocycles. The summed E-state index contributed by atoms with van der Waals surface area (Å²) in [7, 11) is -2.76. The number of ketones is 1. The van der Waals surface area contributed by atoms with Gasteiger partial charge in [0.1, 0.15) is 5.78 Å². The first-order valence-electron chi connectivity index (χ1n) is 9.34. The minimum atomic E-state index is -2.76. The first-order chi connectivity index (χ1) is 12.5. The van der Waals surface area contributed by atoms with Gasteiger partial charge in [0.15, 0.2) is 5.16 Å². The Labute approximate surface area is 156 Å². The number of carbonyl (C=O) groups is 1. The average Bonchev–Trinajstić information content (AvgIpc) is 3.02. The summed E-state index contributed by atoms with van der Waals surface area (Å²) in [4.78, 5) is 24.7. The van der Waals surface area contributed by atoms with Gasteiger partial charge in [-0.05, 0) is 44.0 Å². The van der Waals surface area contributed by atoms with E-state index in [1.54, 1.807) is 0 Å². The quantitative estimate of drug-likeness (QED) is 0.799. The Bertz CT molecular complexity index is 736. The summed E-state index contributed by atoms with van der Waals surface area (Å²) in [6.45, 7) is 3.66. The van der Waals surface area contributed by atoms with Crippen molar-refractivity contribution < 1.29 is 9.69 Å². The zero-order chi connectivity index (χ0) is 18.2. The number of hydrogen-bond acceptors (Lipinski definition) is 4. The van der Waals surface area contributed by atoms with Gasteiger partial charge in [0.25, 0.3) is 0 Å². The molecule has 5 heteroatoms. The molecular formula is C21H26N2O2P+. The van der Waals surface area contributed by atoms with Gasteiger partial charge in [-0.25, -0.2) is 14.2 Å². The molecule has 2 aromatic rings. The van der Waals surface area contributed by atoms with Crippen molar-refractivity contribution in [3.05, 3.63) is 60.7 Å². The van der Waals surface area contributed by atoms with Crippen LogP contribution in [-0.2, 0) is 4.79 Å². The van der Waals surface area contributed by atoms with Crippen molar-refractivity contribution in [3.8, 4) is 0 Å². The van der Waals surface area contributed by atoms with Gasteiger partial charge < -0.3 is 0 Å². The predicted molar refractivity (Wildman–Crippen MR) is 109 cm³/mol. The third-order valence-corrected chi connectivity index (χ3v) is 9.82. The lowest BCUT2D eigenvalue weighted by Gasteiger charge is -2.44. The summed E-state index contributed by atoms with van der Waals surface area (Å²) in [6, 6.07) is 20.3. The Morgan fingerprint density at radius 1 is 0.923 bits per heavy atom. The molecular weight excluding hydrogens is 343 g/mol. The number of Topliss-reactive ketones (excluding diaryl/α,β-unsaturated/α-hetero) is 1. The molecule has 4 rings (SSSR count). The van der Waals surface area contributed by atoms with Gasteiger partial charge in [0.2, 0.25) is 0 Å². The summed E-state index contributed by atoms with van der Waals surface area (Å²) in [5.41, 5.74) is 2.09. The monoisotopic (exact) mass is 369 g/mol. The van der Waals surface area contributed by atoms with Gasteiger partial charge in [-0.1, -0.05) is 36.4 Å². The zero-order valence-corrected chi connectivity index (χ0v) is 16.1. The Balaban J connectivity index is 1.83. The van der Waals surface area contributed by atoms with Crippen LogP contribution in [0.5, 0.6) is 0 Å². The van der Waals surface area contributed by atoms with E-state index in [0.29, 0.717) is 12.8 Å². The maximum Gasteiger partial charge on any atom is 0.337 e. The van der Waals surface area contributed by atoms with E-state index in [1.807, 2.05) is 36.4 Å². The topological polar surface area (TPSA) is 43.8 Å². The van der Waals surface area contributed by atoms with E-state index < -0.39 is 12.9 Å². The van der Waals surface area contributed by atoms with E-state index >= 15 is 0 Å². The van der Waals surface area contributed by atoms with Crippen LogP contribution < -0.4 is 9.34 Å². The van der Waals surface area contributed by atoms with Crippen molar-refractivity contribution in [3.63, 3.8) is 0 Å². The molecule has 26 heavy (non-hydrogen) atoms. The molecule has 136 valence electrons. The number of anilines is 2. The number of carbonyl (C=O) groups excluding carboxylic acids is 1. The van der Waals surface area contributed by atoms with Crippen LogP contribution >= 0.6 is 7.79 Å². The van der Waals surface area contributed by atoms with E-state index in [2.05, 4.69) is 40.5 Å². The zero-order valence-electron chi connectivity index (χ0n) is 15.2. The van der Waals surface area contributed by atoms with E-state index in [4.69, 9.17) is 0 Å². The summed E-state index contributed by atoms with van der Waals surface area (Å²) >= 11 is 0. The third kappa shape index (κ3) is 2.72. The molecule has 1 N–H and O–H groups in total. The highest BCUT2D eigenvalue weighted by Crippen LogP contribution is 2.76. The van der Waals surface area contributed by atoms with Gasteiger partial charge in [-0.2, -0.15) is 0 Å². The van der Waals surface area contributed by atoms with Gasteiger partial charge in [0, 0.05) is 6.42 Å². The second kappa shape index (κ2) is 6.68. The predicted octanol–water partition coefficient (Wildman–Crippen LogP) is 4.67. The molecule has 1 atom stereocenters. The molecule has 2 fully saturated rings. The summed E-state index contributed by atoms with van der Waals surface area (Å²) in [6.07, 6.45) is 2.86. The van der Waals surface area contributed by atoms with Crippen molar-refractivity contribution >= 4 is 24.9 Å². The lowest BCUT2D eigenvalue weighted by molar-refractivity contribution is -0.120. The van der Waals surface area contributed by atoms with Crippen LogP contribution in [-0.4, -0.2) is 28.9 Å². The van der Waals surface area contributed by atoms with E-state index in [0.717, 1.165) is 37.3 Å². The van der Waals surface area contributed by atoms with Crippen molar-refractivity contribution in [1.29, 1.82) is 0 Å². The van der Waals surface area contributed by atoms with Crippen molar-refractivity contribution in [2.75, 3.05) is 22.4 Å². The largest absolute Gasteiger partial charge is 0.337 e. The molecule has 1 aliphatic carbocycles. The normalized spacial score (nSPS) is 25.5.